The van der Waals surface area contributed by atoms with Gasteiger partial charge in [-0.3, -0.25) is 9.59 Å². The van der Waals surface area contributed by atoms with E-state index in [1.807, 2.05) is 26.0 Å². The molecule has 2 aliphatic carbocycles. The van der Waals surface area contributed by atoms with Crippen LogP contribution in [0.25, 0.3) is 0 Å². The van der Waals surface area contributed by atoms with Crippen LogP contribution in [0.1, 0.15) is 24.0 Å². The largest absolute Gasteiger partial charge is 0.462 e. The van der Waals surface area contributed by atoms with Crippen molar-refractivity contribution in [1.82, 2.24) is 0 Å². The van der Waals surface area contributed by atoms with Gasteiger partial charge >= 0.3 is 5.97 Å². The molecule has 116 valence electrons. The van der Waals surface area contributed by atoms with Crippen LogP contribution >= 0.6 is 15.9 Å². The Balaban J connectivity index is 1.57. The molecule has 1 N–H and O–H groups in total. The second kappa shape index (κ2) is 4.82. The van der Waals surface area contributed by atoms with Gasteiger partial charge in [0, 0.05) is 16.1 Å². The molecule has 4 rings (SSSR count). The highest BCUT2D eigenvalue weighted by molar-refractivity contribution is 9.10. The summed E-state index contributed by atoms with van der Waals surface area (Å²) in [6.07, 6.45) is 1.88. The Morgan fingerprint density at radius 1 is 1.27 bits per heavy atom. The zero-order valence-electron chi connectivity index (χ0n) is 12.6. The van der Waals surface area contributed by atoms with Gasteiger partial charge < -0.3 is 10.1 Å². The lowest BCUT2D eigenvalue weighted by atomic mass is 9.79. The molecule has 5 atom stereocenters. The van der Waals surface area contributed by atoms with Crippen molar-refractivity contribution in [3.8, 4) is 0 Å². The van der Waals surface area contributed by atoms with Crippen LogP contribution in [0.4, 0.5) is 5.69 Å². The number of ether oxygens (including phenoxy) is 1. The number of hydrogen-bond acceptors (Lipinski definition) is 3. The molecule has 1 aliphatic heterocycles. The van der Waals surface area contributed by atoms with Crippen molar-refractivity contribution in [3.63, 3.8) is 0 Å². The van der Waals surface area contributed by atoms with Crippen LogP contribution < -0.4 is 5.32 Å². The van der Waals surface area contributed by atoms with E-state index in [0.717, 1.165) is 34.1 Å². The molecule has 2 bridgehead atoms. The van der Waals surface area contributed by atoms with Crippen LogP contribution in [0, 0.1) is 37.5 Å². The van der Waals surface area contributed by atoms with E-state index in [9.17, 15) is 9.59 Å². The first-order valence-corrected chi connectivity index (χ1v) is 8.53. The Bertz CT molecular complexity index is 661. The number of amides is 1. The maximum absolute atomic E-state index is 12.7. The summed E-state index contributed by atoms with van der Waals surface area (Å²) in [7, 11) is 0. The van der Waals surface area contributed by atoms with Crippen molar-refractivity contribution in [2.75, 3.05) is 5.32 Å². The number of anilines is 1. The summed E-state index contributed by atoms with van der Waals surface area (Å²) in [5, 5.41) is 3.01. The molecule has 0 spiro atoms. The first kappa shape index (κ1) is 14.2. The molecule has 1 amide bonds. The third-order valence-electron chi connectivity index (χ3n) is 5.49. The Morgan fingerprint density at radius 2 is 1.95 bits per heavy atom. The standard InChI is InChI=1S/C17H18BrNO3/c1-7-3-10(4-8(2)15(7)18)19-16(20)13-9-5-11-12(6-9)22-17(21)14(11)13/h3-4,9,11-14H,5-6H2,1-2H3,(H,19,20)/t9-,11+,12+,13-,14-/m1/s1. The van der Waals surface area contributed by atoms with E-state index >= 15 is 0 Å². The van der Waals surface area contributed by atoms with E-state index in [4.69, 9.17) is 4.74 Å². The zero-order chi connectivity index (χ0) is 15.6. The first-order valence-electron chi connectivity index (χ1n) is 7.74. The molecule has 1 saturated heterocycles. The molecule has 22 heavy (non-hydrogen) atoms. The third-order valence-corrected chi connectivity index (χ3v) is 6.74. The van der Waals surface area contributed by atoms with Gasteiger partial charge in [-0.15, -0.1) is 0 Å². The predicted molar refractivity (Wildman–Crippen MR) is 85.3 cm³/mol. The molecule has 0 radical (unpaired) electrons. The van der Waals surface area contributed by atoms with E-state index in [1.54, 1.807) is 0 Å². The molecule has 3 fully saturated rings. The summed E-state index contributed by atoms with van der Waals surface area (Å²) in [6.45, 7) is 4.01. The average Bonchev–Trinajstić information content (AvgIpc) is 3.05. The predicted octanol–water partition coefficient (Wildman–Crippen LogP) is 3.20. The number of halogens is 1. The monoisotopic (exact) mass is 363 g/mol. The minimum absolute atomic E-state index is 0.0316. The van der Waals surface area contributed by atoms with Crippen LogP contribution in [-0.2, 0) is 14.3 Å². The van der Waals surface area contributed by atoms with Crippen molar-refractivity contribution in [1.29, 1.82) is 0 Å². The average molecular weight is 364 g/mol. The Kier molecular flexibility index (Phi) is 3.12. The van der Waals surface area contributed by atoms with Crippen LogP contribution in [0.3, 0.4) is 0 Å². The summed E-state index contributed by atoms with van der Waals surface area (Å²) in [6, 6.07) is 3.91. The second-order valence-electron chi connectivity index (χ2n) is 6.84. The van der Waals surface area contributed by atoms with Gasteiger partial charge in [0.05, 0.1) is 11.8 Å². The molecule has 2 saturated carbocycles. The number of esters is 1. The van der Waals surface area contributed by atoms with Crippen LogP contribution in [0.5, 0.6) is 0 Å². The minimum atomic E-state index is -0.222. The molecular weight excluding hydrogens is 346 g/mol. The third kappa shape index (κ3) is 1.94. The quantitative estimate of drug-likeness (QED) is 0.820. The second-order valence-corrected chi connectivity index (χ2v) is 7.63. The maximum Gasteiger partial charge on any atom is 0.310 e. The van der Waals surface area contributed by atoms with E-state index in [2.05, 4.69) is 21.2 Å². The van der Waals surface area contributed by atoms with E-state index < -0.39 is 0 Å². The van der Waals surface area contributed by atoms with E-state index in [1.165, 1.54) is 0 Å². The summed E-state index contributed by atoms with van der Waals surface area (Å²) >= 11 is 3.53. The molecule has 0 unspecified atom stereocenters. The van der Waals surface area contributed by atoms with E-state index in [-0.39, 0.29) is 35.7 Å². The summed E-state index contributed by atoms with van der Waals surface area (Å²) in [5.41, 5.74) is 2.97. The van der Waals surface area contributed by atoms with Crippen molar-refractivity contribution >= 4 is 33.5 Å². The summed E-state index contributed by atoms with van der Waals surface area (Å²) < 4.78 is 6.46. The van der Waals surface area contributed by atoms with E-state index in [0.29, 0.717) is 5.92 Å². The molecule has 1 aromatic carbocycles. The minimum Gasteiger partial charge on any atom is -0.462 e. The number of carbonyl (C=O) groups is 2. The first-order chi connectivity index (χ1) is 10.5. The number of fused-ring (bicyclic) bond motifs is 1. The molecule has 1 aromatic rings. The van der Waals surface area contributed by atoms with Gasteiger partial charge in [0.2, 0.25) is 5.91 Å². The van der Waals surface area contributed by atoms with Gasteiger partial charge in [-0.2, -0.15) is 0 Å². The Labute approximate surface area is 137 Å². The number of benzene rings is 1. The Hall–Kier alpha value is -1.36. The number of nitrogens with one attached hydrogen (secondary N) is 1. The number of carbonyl (C=O) groups excluding carboxylic acids is 2. The van der Waals surface area contributed by atoms with Crippen molar-refractivity contribution in [2.24, 2.45) is 23.7 Å². The fraction of sp³-hybridized carbons (Fsp3) is 0.529. The molecular formula is C17H18BrNO3. The summed E-state index contributed by atoms with van der Waals surface area (Å²) in [4.78, 5) is 24.7. The lowest BCUT2D eigenvalue weighted by Gasteiger charge is -2.23. The maximum atomic E-state index is 12.7. The molecule has 0 aromatic heterocycles. The normalized spacial score (nSPS) is 34.9. The summed E-state index contributed by atoms with van der Waals surface area (Å²) in [5.74, 6) is -0.0816. The van der Waals surface area contributed by atoms with Crippen LogP contribution in [0.2, 0.25) is 0 Å². The SMILES string of the molecule is Cc1cc(NC(=O)[C@@H]2[C@@H]3C[C@@H]4[C@H]2C(=O)O[C@H]4C3)cc(C)c1Br. The molecule has 3 aliphatic rings. The molecule has 4 nitrogen and oxygen atoms in total. The van der Waals surface area contributed by atoms with Crippen LogP contribution in [-0.4, -0.2) is 18.0 Å². The fourth-order valence-corrected chi connectivity index (χ4v) is 4.84. The van der Waals surface area contributed by atoms with Crippen molar-refractivity contribution < 1.29 is 14.3 Å². The highest BCUT2D eigenvalue weighted by Crippen LogP contribution is 2.57. The Morgan fingerprint density at radius 3 is 2.64 bits per heavy atom. The van der Waals surface area contributed by atoms with Gasteiger partial charge in [-0.05, 0) is 55.9 Å². The van der Waals surface area contributed by atoms with Gasteiger partial charge in [0.15, 0.2) is 0 Å². The van der Waals surface area contributed by atoms with Gasteiger partial charge in [0.25, 0.3) is 0 Å². The molecule has 5 heteroatoms. The highest BCUT2D eigenvalue weighted by atomic mass is 79.9. The zero-order valence-corrected chi connectivity index (χ0v) is 14.1. The number of hydrogen-bond donors (Lipinski definition) is 1. The number of rotatable bonds is 2. The number of aryl methyl sites for hydroxylation is 2. The molecule has 1 heterocycles. The van der Waals surface area contributed by atoms with Crippen LogP contribution in [0.15, 0.2) is 16.6 Å². The lowest BCUT2D eigenvalue weighted by molar-refractivity contribution is -0.145. The van der Waals surface area contributed by atoms with Gasteiger partial charge in [-0.25, -0.2) is 0 Å². The van der Waals surface area contributed by atoms with Gasteiger partial charge in [0.1, 0.15) is 6.10 Å². The highest BCUT2D eigenvalue weighted by Gasteiger charge is 2.63. The van der Waals surface area contributed by atoms with Crippen molar-refractivity contribution in [2.45, 2.75) is 32.8 Å². The topological polar surface area (TPSA) is 55.4 Å². The smallest absolute Gasteiger partial charge is 0.310 e. The van der Waals surface area contributed by atoms with Gasteiger partial charge in [-0.1, -0.05) is 15.9 Å². The lowest BCUT2D eigenvalue weighted by Crippen LogP contribution is -2.35. The van der Waals surface area contributed by atoms with Crippen molar-refractivity contribution in [3.05, 3.63) is 27.7 Å². The fourth-order valence-electron chi connectivity index (χ4n) is 4.61.